The number of halogens is 1. The second-order valence-electron chi connectivity index (χ2n) is 3.69. The maximum Gasteiger partial charge on any atom is 0.256 e. The van der Waals surface area contributed by atoms with Gasteiger partial charge in [0.1, 0.15) is 0 Å². The van der Waals surface area contributed by atoms with E-state index in [9.17, 15) is 4.79 Å². The molecule has 0 aliphatic heterocycles. The largest absolute Gasteiger partial charge is 0.321 e. The number of benzene rings is 2. The van der Waals surface area contributed by atoms with Crippen molar-refractivity contribution in [3.63, 3.8) is 0 Å². The van der Waals surface area contributed by atoms with Gasteiger partial charge in [0.15, 0.2) is 0 Å². The molecule has 3 aromatic rings. The maximum absolute atomic E-state index is 11.8. The van der Waals surface area contributed by atoms with E-state index in [4.69, 9.17) is 11.6 Å². The van der Waals surface area contributed by atoms with Gasteiger partial charge in [-0.1, -0.05) is 29.8 Å². The fraction of sp³-hybridized carbons (Fsp3) is 0. The molecule has 0 spiro atoms. The van der Waals surface area contributed by atoms with E-state index in [1.165, 1.54) is 0 Å². The average Bonchev–Trinajstić information content (AvgIpc) is 2.29. The molecule has 0 unspecified atom stereocenters. The van der Waals surface area contributed by atoms with Crippen molar-refractivity contribution >= 4 is 33.3 Å². The Bertz CT molecular complexity index is 746. The fourth-order valence-corrected chi connectivity index (χ4v) is 2.13. The Kier molecular flexibility index (Phi) is 1.98. The maximum atomic E-state index is 11.8. The molecule has 0 bridgehead atoms. The Hall–Kier alpha value is -1.80. The van der Waals surface area contributed by atoms with Crippen molar-refractivity contribution in [2.45, 2.75) is 0 Å². The minimum absolute atomic E-state index is 0.0784. The molecule has 78 valence electrons. The predicted octanol–water partition coefficient (Wildman–Crippen LogP) is 3.33. The summed E-state index contributed by atoms with van der Waals surface area (Å²) in [4.78, 5) is 14.7. The summed E-state index contributed by atoms with van der Waals surface area (Å²) < 4.78 is 0. The molecule has 0 fully saturated rings. The zero-order valence-corrected chi connectivity index (χ0v) is 9.08. The van der Waals surface area contributed by atoms with Crippen LogP contribution in [0.3, 0.4) is 0 Å². The zero-order chi connectivity index (χ0) is 11.1. The van der Waals surface area contributed by atoms with Gasteiger partial charge in [-0.25, -0.2) is 0 Å². The van der Waals surface area contributed by atoms with Crippen molar-refractivity contribution < 1.29 is 0 Å². The molecule has 16 heavy (non-hydrogen) atoms. The Morgan fingerprint density at radius 2 is 1.75 bits per heavy atom. The average molecular weight is 230 g/mol. The van der Waals surface area contributed by atoms with E-state index in [2.05, 4.69) is 4.98 Å². The highest BCUT2D eigenvalue weighted by molar-refractivity contribution is 6.31. The summed E-state index contributed by atoms with van der Waals surface area (Å²) in [5, 5.41) is 3.22. The predicted molar refractivity (Wildman–Crippen MR) is 67.1 cm³/mol. The van der Waals surface area contributed by atoms with Crippen LogP contribution in [-0.2, 0) is 0 Å². The Labute approximate surface area is 96.5 Å². The van der Waals surface area contributed by atoms with Gasteiger partial charge in [-0.2, -0.15) is 0 Å². The molecule has 0 radical (unpaired) electrons. The first kappa shape index (κ1) is 9.43. The van der Waals surface area contributed by atoms with Crippen molar-refractivity contribution in [1.82, 2.24) is 4.98 Å². The van der Waals surface area contributed by atoms with Crippen molar-refractivity contribution in [3.05, 3.63) is 57.8 Å². The lowest BCUT2D eigenvalue weighted by molar-refractivity contribution is 1.34. The second kappa shape index (κ2) is 3.35. The topological polar surface area (TPSA) is 32.9 Å². The number of nitrogens with one attached hydrogen (secondary N) is 1. The van der Waals surface area contributed by atoms with E-state index >= 15 is 0 Å². The van der Waals surface area contributed by atoms with Gasteiger partial charge in [0.25, 0.3) is 5.56 Å². The molecule has 1 N–H and O–H groups in total. The lowest BCUT2D eigenvalue weighted by atomic mass is 10.1. The van der Waals surface area contributed by atoms with Crippen LogP contribution in [0.15, 0.2) is 47.3 Å². The monoisotopic (exact) mass is 229 g/mol. The molecule has 0 amide bonds. The van der Waals surface area contributed by atoms with Gasteiger partial charge in [-0.3, -0.25) is 4.79 Å². The highest BCUT2D eigenvalue weighted by Gasteiger charge is 2.04. The van der Waals surface area contributed by atoms with Crippen molar-refractivity contribution in [2.24, 2.45) is 0 Å². The third kappa shape index (κ3) is 1.31. The smallest absolute Gasteiger partial charge is 0.256 e. The van der Waals surface area contributed by atoms with Crippen molar-refractivity contribution in [2.75, 3.05) is 0 Å². The van der Waals surface area contributed by atoms with Crippen LogP contribution in [0.2, 0.25) is 5.02 Å². The van der Waals surface area contributed by atoms with Gasteiger partial charge in [-0.05, 0) is 29.7 Å². The van der Waals surface area contributed by atoms with E-state index in [0.717, 1.165) is 16.3 Å². The van der Waals surface area contributed by atoms with Gasteiger partial charge >= 0.3 is 0 Å². The zero-order valence-electron chi connectivity index (χ0n) is 8.33. The third-order valence-electron chi connectivity index (χ3n) is 2.69. The third-order valence-corrected chi connectivity index (χ3v) is 2.93. The van der Waals surface area contributed by atoms with E-state index in [-0.39, 0.29) is 5.56 Å². The number of aromatic amines is 1. The molecule has 3 rings (SSSR count). The van der Waals surface area contributed by atoms with Crippen LogP contribution >= 0.6 is 11.6 Å². The van der Waals surface area contributed by atoms with Crippen LogP contribution in [0.5, 0.6) is 0 Å². The lowest BCUT2D eigenvalue weighted by Crippen LogP contribution is -2.05. The highest BCUT2D eigenvalue weighted by atomic mass is 35.5. The minimum atomic E-state index is -0.0784. The minimum Gasteiger partial charge on any atom is -0.321 e. The molecule has 0 aliphatic rings. The number of hydrogen-bond donors (Lipinski definition) is 1. The van der Waals surface area contributed by atoms with Crippen molar-refractivity contribution in [1.29, 1.82) is 0 Å². The summed E-state index contributed by atoms with van der Waals surface area (Å²) in [6, 6.07) is 13.0. The van der Waals surface area contributed by atoms with E-state index < -0.39 is 0 Å². The van der Waals surface area contributed by atoms with Crippen LogP contribution in [0.4, 0.5) is 0 Å². The Morgan fingerprint density at radius 1 is 0.938 bits per heavy atom. The molecule has 1 heterocycles. The first-order valence-electron chi connectivity index (χ1n) is 4.96. The van der Waals surface area contributed by atoms with Crippen LogP contribution in [0, 0.1) is 0 Å². The molecule has 0 atom stereocenters. The van der Waals surface area contributed by atoms with E-state index in [0.29, 0.717) is 10.4 Å². The number of pyridine rings is 1. The van der Waals surface area contributed by atoms with Crippen LogP contribution in [0.25, 0.3) is 21.7 Å². The van der Waals surface area contributed by atoms with Gasteiger partial charge in [0.05, 0.1) is 0 Å². The van der Waals surface area contributed by atoms with Crippen molar-refractivity contribution in [3.8, 4) is 0 Å². The molecule has 0 aliphatic carbocycles. The first-order chi connectivity index (χ1) is 7.75. The van der Waals surface area contributed by atoms with Crippen LogP contribution < -0.4 is 5.56 Å². The normalized spacial score (nSPS) is 11.1. The lowest BCUT2D eigenvalue weighted by Gasteiger charge is -2.03. The molecule has 2 nitrogen and oxygen atoms in total. The number of H-pyrrole nitrogens is 1. The number of para-hydroxylation sites is 1. The number of aromatic nitrogens is 1. The fourth-order valence-electron chi connectivity index (χ4n) is 1.95. The molecule has 1 aromatic heterocycles. The van der Waals surface area contributed by atoms with Gasteiger partial charge in [0.2, 0.25) is 0 Å². The molecular formula is C13H8ClNO. The Balaban J connectivity index is 2.67. The van der Waals surface area contributed by atoms with Gasteiger partial charge in [0, 0.05) is 21.3 Å². The second-order valence-corrected chi connectivity index (χ2v) is 4.13. The van der Waals surface area contributed by atoms with Crippen LogP contribution in [-0.4, -0.2) is 4.98 Å². The Morgan fingerprint density at radius 3 is 2.62 bits per heavy atom. The summed E-state index contributed by atoms with van der Waals surface area (Å²) in [5.41, 5.74) is 0.757. The number of fused-ring (bicyclic) bond motifs is 3. The van der Waals surface area contributed by atoms with E-state index in [1.54, 1.807) is 12.1 Å². The highest BCUT2D eigenvalue weighted by Crippen LogP contribution is 2.23. The summed E-state index contributed by atoms with van der Waals surface area (Å²) in [6.07, 6.45) is 0. The standard InChI is InChI=1S/C13H8ClNO/c14-8-5-6-10-11(7-8)9-3-1-2-4-12(9)15-13(10)16/h1-7H,(H,15,16). The summed E-state index contributed by atoms with van der Waals surface area (Å²) >= 11 is 5.96. The summed E-state index contributed by atoms with van der Waals surface area (Å²) in [7, 11) is 0. The van der Waals surface area contributed by atoms with Crippen LogP contribution in [0.1, 0.15) is 0 Å². The quantitative estimate of drug-likeness (QED) is 0.590. The SMILES string of the molecule is O=c1[nH]c2ccccc2c2cc(Cl)ccc12. The summed E-state index contributed by atoms with van der Waals surface area (Å²) in [5.74, 6) is 0. The molecule has 0 saturated carbocycles. The number of hydrogen-bond acceptors (Lipinski definition) is 1. The molecule has 3 heteroatoms. The molecule has 0 saturated heterocycles. The van der Waals surface area contributed by atoms with Gasteiger partial charge in [-0.15, -0.1) is 0 Å². The summed E-state index contributed by atoms with van der Waals surface area (Å²) in [6.45, 7) is 0. The first-order valence-corrected chi connectivity index (χ1v) is 5.34. The number of rotatable bonds is 0. The van der Waals surface area contributed by atoms with Gasteiger partial charge < -0.3 is 4.98 Å². The van der Waals surface area contributed by atoms with E-state index in [1.807, 2.05) is 30.3 Å². The molecular weight excluding hydrogens is 222 g/mol. The molecule has 2 aromatic carbocycles.